The Kier molecular flexibility index (Phi) is 6.35. The summed E-state index contributed by atoms with van der Waals surface area (Å²) in [4.78, 5) is 12.5. The molecule has 31 heavy (non-hydrogen) atoms. The van der Waals surface area contributed by atoms with E-state index in [2.05, 4.69) is 20.8 Å². The predicted molar refractivity (Wildman–Crippen MR) is 111 cm³/mol. The van der Waals surface area contributed by atoms with Crippen molar-refractivity contribution in [1.29, 1.82) is 0 Å². The Hall–Kier alpha value is -3.15. The molecule has 3 aromatic rings. The van der Waals surface area contributed by atoms with Gasteiger partial charge in [0.2, 0.25) is 15.9 Å². The highest BCUT2D eigenvalue weighted by molar-refractivity contribution is 7.89. The highest BCUT2D eigenvalue weighted by atomic mass is 32.2. The zero-order valence-corrected chi connectivity index (χ0v) is 17.5. The van der Waals surface area contributed by atoms with E-state index in [4.69, 9.17) is 4.74 Å². The van der Waals surface area contributed by atoms with Gasteiger partial charge in [-0.05, 0) is 45.8 Å². The van der Waals surface area contributed by atoms with Crippen molar-refractivity contribution in [2.45, 2.75) is 17.9 Å². The van der Waals surface area contributed by atoms with E-state index in [1.165, 1.54) is 15.3 Å². The number of hydrogen-bond acceptors (Lipinski definition) is 7. The van der Waals surface area contributed by atoms with Crippen LogP contribution in [0.1, 0.15) is 11.1 Å². The summed E-state index contributed by atoms with van der Waals surface area (Å²) in [5.74, 6) is -0.125. The van der Waals surface area contributed by atoms with E-state index in [9.17, 15) is 13.2 Å². The van der Waals surface area contributed by atoms with Crippen LogP contribution in [0.4, 0.5) is 0 Å². The van der Waals surface area contributed by atoms with Gasteiger partial charge in [0, 0.05) is 19.6 Å². The lowest BCUT2D eigenvalue weighted by Crippen LogP contribution is -2.40. The van der Waals surface area contributed by atoms with Crippen molar-refractivity contribution in [2.75, 3.05) is 26.3 Å². The number of morpholine rings is 1. The number of sulfonamides is 1. The average Bonchev–Trinajstić information content (AvgIpc) is 3.34. The number of nitrogens with zero attached hydrogens (tertiary/aromatic N) is 5. The Morgan fingerprint density at radius 1 is 1.00 bits per heavy atom. The molecule has 1 fully saturated rings. The number of benzene rings is 2. The molecule has 10 nitrogen and oxygen atoms in total. The maximum absolute atomic E-state index is 12.7. The van der Waals surface area contributed by atoms with E-state index >= 15 is 0 Å². The van der Waals surface area contributed by atoms with Crippen molar-refractivity contribution in [1.82, 2.24) is 29.8 Å². The molecule has 0 saturated carbocycles. The van der Waals surface area contributed by atoms with Gasteiger partial charge in [-0.15, -0.1) is 5.10 Å². The number of aromatic nitrogens is 4. The van der Waals surface area contributed by atoms with Gasteiger partial charge in [0.05, 0.1) is 30.2 Å². The smallest absolute Gasteiger partial charge is 0.243 e. The second-order valence-corrected chi connectivity index (χ2v) is 8.97. The fourth-order valence-electron chi connectivity index (χ4n) is 3.21. The molecule has 1 aliphatic rings. The Labute approximate surface area is 179 Å². The lowest BCUT2D eigenvalue weighted by Gasteiger charge is -2.26. The molecule has 1 amide bonds. The van der Waals surface area contributed by atoms with E-state index in [1.54, 1.807) is 24.3 Å². The molecule has 1 N–H and O–H groups in total. The molecule has 1 aromatic heterocycles. The number of tetrazole rings is 1. The van der Waals surface area contributed by atoms with Crippen molar-refractivity contribution in [3.8, 4) is 5.69 Å². The summed E-state index contributed by atoms with van der Waals surface area (Å²) in [6.07, 6.45) is 1.73. The van der Waals surface area contributed by atoms with Crippen molar-refractivity contribution >= 4 is 15.9 Å². The third-order valence-corrected chi connectivity index (χ3v) is 6.85. The Morgan fingerprint density at radius 2 is 1.68 bits per heavy atom. The molecule has 0 atom stereocenters. The molecule has 162 valence electrons. The first-order chi connectivity index (χ1) is 15.0. The van der Waals surface area contributed by atoms with Gasteiger partial charge in [-0.25, -0.2) is 13.1 Å². The quantitative estimate of drug-likeness (QED) is 0.567. The van der Waals surface area contributed by atoms with Crippen molar-refractivity contribution in [3.63, 3.8) is 0 Å². The Bertz CT molecular complexity index is 1110. The van der Waals surface area contributed by atoms with Crippen molar-refractivity contribution < 1.29 is 17.9 Å². The lowest BCUT2D eigenvalue weighted by atomic mass is 10.1. The monoisotopic (exact) mass is 442 g/mol. The fourth-order valence-corrected chi connectivity index (χ4v) is 4.62. The van der Waals surface area contributed by atoms with Crippen LogP contribution < -0.4 is 5.32 Å². The lowest BCUT2D eigenvalue weighted by molar-refractivity contribution is -0.120. The SMILES string of the molecule is O=C(Cc1ccc(-n2cnnn2)cc1)NCc1ccc(S(=O)(=O)N2CCOCC2)cc1. The molecule has 1 saturated heterocycles. The summed E-state index contributed by atoms with van der Waals surface area (Å²) in [7, 11) is -3.52. The second-order valence-electron chi connectivity index (χ2n) is 7.03. The molecule has 0 spiro atoms. The van der Waals surface area contributed by atoms with Crippen molar-refractivity contribution in [3.05, 3.63) is 66.0 Å². The predicted octanol–water partition coefficient (Wildman–Crippen LogP) is 0.542. The van der Waals surface area contributed by atoms with Crippen LogP contribution in [-0.2, 0) is 32.5 Å². The summed E-state index contributed by atoms with van der Waals surface area (Å²) >= 11 is 0. The zero-order chi connectivity index (χ0) is 21.7. The van der Waals surface area contributed by atoms with Gasteiger partial charge in [0.25, 0.3) is 0 Å². The summed E-state index contributed by atoms with van der Waals surface area (Å²) in [5, 5.41) is 13.9. The number of ether oxygens (including phenoxy) is 1. The largest absolute Gasteiger partial charge is 0.379 e. The van der Waals surface area contributed by atoms with Crippen LogP contribution in [0.5, 0.6) is 0 Å². The highest BCUT2D eigenvalue weighted by Crippen LogP contribution is 2.17. The fraction of sp³-hybridized carbons (Fsp3) is 0.300. The first kappa shape index (κ1) is 21.1. The number of nitrogens with one attached hydrogen (secondary N) is 1. The molecule has 2 aromatic carbocycles. The van der Waals surface area contributed by atoms with Crippen molar-refractivity contribution in [2.24, 2.45) is 0 Å². The number of carbonyl (C=O) groups excluding carboxylic acids is 1. The number of hydrogen-bond donors (Lipinski definition) is 1. The standard InChI is InChI=1S/C20H22N6O4S/c27-20(13-16-1-5-18(6-2-16)26-15-22-23-24-26)21-14-17-3-7-19(8-4-17)31(28,29)25-9-11-30-12-10-25/h1-8,15H,9-14H2,(H,21,27). The number of amides is 1. The molecular weight excluding hydrogens is 420 g/mol. The third kappa shape index (κ3) is 5.13. The van der Waals surface area contributed by atoms with Crippen LogP contribution >= 0.6 is 0 Å². The normalized spacial score (nSPS) is 15.0. The van der Waals surface area contributed by atoms with Gasteiger partial charge in [0.1, 0.15) is 6.33 Å². The van der Waals surface area contributed by atoms with Gasteiger partial charge >= 0.3 is 0 Å². The number of rotatable bonds is 7. The average molecular weight is 443 g/mol. The van der Waals surface area contributed by atoms with Crippen LogP contribution in [-0.4, -0.2) is 65.1 Å². The summed E-state index contributed by atoms with van der Waals surface area (Å²) in [6, 6.07) is 14.0. The van der Waals surface area contributed by atoms with Crippen LogP contribution in [0.15, 0.2) is 59.8 Å². The van der Waals surface area contributed by atoms with Crippen LogP contribution in [0.25, 0.3) is 5.69 Å². The van der Waals surface area contributed by atoms with E-state index in [0.29, 0.717) is 32.8 Å². The first-order valence-electron chi connectivity index (χ1n) is 9.78. The highest BCUT2D eigenvalue weighted by Gasteiger charge is 2.26. The maximum Gasteiger partial charge on any atom is 0.243 e. The maximum atomic E-state index is 12.7. The second kappa shape index (κ2) is 9.33. The number of carbonyl (C=O) groups is 1. The van der Waals surface area contributed by atoms with E-state index < -0.39 is 10.0 Å². The molecule has 1 aliphatic heterocycles. The first-order valence-corrected chi connectivity index (χ1v) is 11.2. The minimum absolute atomic E-state index is 0.125. The minimum Gasteiger partial charge on any atom is -0.379 e. The third-order valence-electron chi connectivity index (χ3n) is 4.94. The van der Waals surface area contributed by atoms with Gasteiger partial charge in [-0.1, -0.05) is 24.3 Å². The summed E-state index contributed by atoms with van der Waals surface area (Å²) < 4.78 is 33.5. The minimum atomic E-state index is -3.52. The molecular formula is C20H22N6O4S. The van der Waals surface area contributed by atoms with Crippen LogP contribution in [0.3, 0.4) is 0 Å². The van der Waals surface area contributed by atoms with Crippen LogP contribution in [0.2, 0.25) is 0 Å². The summed E-state index contributed by atoms with van der Waals surface area (Å²) in [5.41, 5.74) is 2.49. The molecule has 0 unspecified atom stereocenters. The molecule has 11 heteroatoms. The van der Waals surface area contributed by atoms with Gasteiger partial charge in [-0.3, -0.25) is 4.79 Å². The molecule has 0 aliphatic carbocycles. The van der Waals surface area contributed by atoms with E-state index in [0.717, 1.165) is 16.8 Å². The Morgan fingerprint density at radius 3 is 2.32 bits per heavy atom. The molecule has 2 heterocycles. The van der Waals surface area contributed by atoms with Gasteiger partial charge < -0.3 is 10.1 Å². The van der Waals surface area contributed by atoms with E-state index in [1.807, 2.05) is 24.3 Å². The topological polar surface area (TPSA) is 119 Å². The molecule has 0 radical (unpaired) electrons. The molecule has 4 rings (SSSR count). The van der Waals surface area contributed by atoms with E-state index in [-0.39, 0.29) is 17.2 Å². The Balaban J connectivity index is 1.30. The van der Waals surface area contributed by atoms with Gasteiger partial charge in [-0.2, -0.15) is 4.31 Å². The molecule has 0 bridgehead atoms. The summed E-state index contributed by atoms with van der Waals surface area (Å²) in [6.45, 7) is 1.85. The van der Waals surface area contributed by atoms with Crippen LogP contribution in [0, 0.1) is 0 Å². The zero-order valence-electron chi connectivity index (χ0n) is 16.7. The van der Waals surface area contributed by atoms with Gasteiger partial charge in [0.15, 0.2) is 0 Å².